The number of likely N-dealkylation sites (tertiary alicyclic amines) is 1. The molecule has 3 heterocycles. The van der Waals surface area contributed by atoms with Gasteiger partial charge in [-0.1, -0.05) is 5.16 Å². The van der Waals surface area contributed by atoms with Crippen molar-refractivity contribution >= 4 is 0 Å². The lowest BCUT2D eigenvalue weighted by molar-refractivity contribution is -0.0750. The summed E-state index contributed by atoms with van der Waals surface area (Å²) in [5, 5.41) is 4.09. The second-order valence-corrected chi connectivity index (χ2v) is 5.40. The van der Waals surface area contributed by atoms with Crippen molar-refractivity contribution < 1.29 is 14.0 Å². The van der Waals surface area contributed by atoms with Crippen LogP contribution in [0.4, 0.5) is 0 Å². The molecule has 3 atom stereocenters. The number of fused-ring (bicyclic) bond motifs is 1. The summed E-state index contributed by atoms with van der Waals surface area (Å²) >= 11 is 0. The van der Waals surface area contributed by atoms with Gasteiger partial charge in [-0.3, -0.25) is 4.90 Å². The fourth-order valence-electron chi connectivity index (χ4n) is 3.25. The molecular formula is C14H22N2O3. The quantitative estimate of drug-likeness (QED) is 0.831. The Bertz CT molecular complexity index is 421. The Kier molecular flexibility index (Phi) is 3.86. The third-order valence-electron chi connectivity index (χ3n) is 4.01. The molecule has 0 radical (unpaired) electrons. The summed E-state index contributed by atoms with van der Waals surface area (Å²) in [6.07, 6.45) is 2.74. The first-order valence-electron chi connectivity index (χ1n) is 7.17. The molecule has 0 aromatic carbocycles. The molecule has 19 heavy (non-hydrogen) atoms. The van der Waals surface area contributed by atoms with Crippen molar-refractivity contribution in [2.75, 3.05) is 19.8 Å². The normalized spacial score (nSPS) is 31.6. The Morgan fingerprint density at radius 2 is 2.42 bits per heavy atom. The third kappa shape index (κ3) is 2.68. The van der Waals surface area contributed by atoms with E-state index in [-0.39, 0.29) is 12.2 Å². The van der Waals surface area contributed by atoms with Crippen LogP contribution in [0.3, 0.4) is 0 Å². The van der Waals surface area contributed by atoms with Crippen LogP contribution in [0, 0.1) is 6.92 Å². The average Bonchev–Trinajstić information content (AvgIpc) is 2.97. The number of hydrogen-bond acceptors (Lipinski definition) is 5. The number of rotatable bonds is 4. The predicted molar refractivity (Wildman–Crippen MR) is 69.8 cm³/mol. The van der Waals surface area contributed by atoms with Crippen molar-refractivity contribution in [2.45, 2.75) is 51.5 Å². The van der Waals surface area contributed by atoms with Gasteiger partial charge in [-0.2, -0.15) is 0 Å². The molecule has 3 rings (SSSR count). The van der Waals surface area contributed by atoms with Crippen LogP contribution in [0.15, 0.2) is 10.6 Å². The first kappa shape index (κ1) is 13.1. The molecule has 5 heteroatoms. The predicted octanol–water partition coefficient (Wildman–Crippen LogP) is 1.75. The first-order valence-corrected chi connectivity index (χ1v) is 7.17. The fraction of sp³-hybridized carbons (Fsp3) is 0.786. The van der Waals surface area contributed by atoms with Gasteiger partial charge in [-0.05, 0) is 26.7 Å². The molecule has 0 spiro atoms. The molecule has 106 valence electrons. The zero-order valence-corrected chi connectivity index (χ0v) is 11.7. The minimum atomic E-state index is 0.197. The van der Waals surface area contributed by atoms with E-state index in [1.54, 1.807) is 0 Å². The van der Waals surface area contributed by atoms with Gasteiger partial charge < -0.3 is 14.0 Å². The van der Waals surface area contributed by atoms with Crippen LogP contribution in [-0.2, 0) is 16.0 Å². The second-order valence-electron chi connectivity index (χ2n) is 5.40. The number of hydrogen-bond donors (Lipinski definition) is 0. The largest absolute Gasteiger partial charge is 0.374 e. The molecule has 0 unspecified atom stereocenters. The molecule has 2 fully saturated rings. The lowest BCUT2D eigenvalue weighted by Crippen LogP contribution is -2.41. The Morgan fingerprint density at radius 1 is 1.53 bits per heavy atom. The molecule has 2 aliphatic heterocycles. The summed E-state index contributed by atoms with van der Waals surface area (Å²) in [6.45, 7) is 7.33. The van der Waals surface area contributed by atoms with E-state index in [0.717, 1.165) is 44.2 Å². The van der Waals surface area contributed by atoms with Crippen LogP contribution >= 0.6 is 0 Å². The number of nitrogens with zero attached hydrogens (tertiary/aromatic N) is 2. The van der Waals surface area contributed by atoms with E-state index in [2.05, 4.69) is 10.1 Å². The van der Waals surface area contributed by atoms with Crippen molar-refractivity contribution in [2.24, 2.45) is 0 Å². The van der Waals surface area contributed by atoms with Gasteiger partial charge in [-0.15, -0.1) is 0 Å². The minimum absolute atomic E-state index is 0.197. The molecule has 0 bridgehead atoms. The Hall–Kier alpha value is -0.910. The van der Waals surface area contributed by atoms with Crippen LogP contribution in [-0.4, -0.2) is 48.1 Å². The average molecular weight is 266 g/mol. The molecular weight excluding hydrogens is 244 g/mol. The van der Waals surface area contributed by atoms with Crippen molar-refractivity contribution in [3.8, 4) is 0 Å². The highest BCUT2D eigenvalue weighted by atomic mass is 16.5. The fourth-order valence-corrected chi connectivity index (χ4v) is 3.25. The molecule has 0 amide bonds. The Morgan fingerprint density at radius 3 is 3.16 bits per heavy atom. The lowest BCUT2D eigenvalue weighted by atomic mass is 10.0. The monoisotopic (exact) mass is 266 g/mol. The van der Waals surface area contributed by atoms with E-state index >= 15 is 0 Å². The number of aryl methyl sites for hydroxylation is 1. The van der Waals surface area contributed by atoms with Gasteiger partial charge in [0.1, 0.15) is 11.9 Å². The number of ether oxygens (including phenoxy) is 2. The topological polar surface area (TPSA) is 47.7 Å². The van der Waals surface area contributed by atoms with Crippen LogP contribution in [0.2, 0.25) is 0 Å². The standard InChI is InChI=1S/C14H22N2O3/c1-3-17-13-9-16(8-11-7-10(2)19-15-11)12-5-4-6-18-14(12)13/h7,12-14H,3-6,8-9H2,1-2H3/t12-,13-,14+/m1/s1. The van der Waals surface area contributed by atoms with E-state index in [1.165, 1.54) is 6.42 Å². The van der Waals surface area contributed by atoms with E-state index in [1.807, 2.05) is 19.9 Å². The lowest BCUT2D eigenvalue weighted by Gasteiger charge is -2.31. The van der Waals surface area contributed by atoms with Gasteiger partial charge >= 0.3 is 0 Å². The molecule has 2 aliphatic rings. The molecule has 0 aliphatic carbocycles. The third-order valence-corrected chi connectivity index (χ3v) is 4.01. The zero-order chi connectivity index (χ0) is 13.2. The van der Waals surface area contributed by atoms with Gasteiger partial charge in [-0.25, -0.2) is 0 Å². The van der Waals surface area contributed by atoms with Gasteiger partial charge in [0.25, 0.3) is 0 Å². The molecule has 0 saturated carbocycles. The van der Waals surface area contributed by atoms with E-state index in [0.29, 0.717) is 6.04 Å². The van der Waals surface area contributed by atoms with Crippen molar-refractivity contribution in [1.82, 2.24) is 10.1 Å². The molecule has 5 nitrogen and oxygen atoms in total. The summed E-state index contributed by atoms with van der Waals surface area (Å²) in [6, 6.07) is 2.47. The van der Waals surface area contributed by atoms with Crippen LogP contribution in [0.25, 0.3) is 0 Å². The maximum absolute atomic E-state index is 5.93. The SMILES string of the molecule is CCO[C@@H]1CN(Cc2cc(C)on2)[C@@H]2CCCO[C@@H]21. The maximum atomic E-state index is 5.93. The van der Waals surface area contributed by atoms with Crippen LogP contribution in [0.1, 0.15) is 31.2 Å². The van der Waals surface area contributed by atoms with Crippen molar-refractivity contribution in [1.29, 1.82) is 0 Å². The minimum Gasteiger partial charge on any atom is -0.374 e. The van der Waals surface area contributed by atoms with E-state index in [9.17, 15) is 0 Å². The highest BCUT2D eigenvalue weighted by molar-refractivity contribution is 5.06. The van der Waals surface area contributed by atoms with E-state index in [4.69, 9.17) is 14.0 Å². The summed E-state index contributed by atoms with van der Waals surface area (Å²) < 4.78 is 16.9. The number of aromatic nitrogens is 1. The Labute approximate surface area is 113 Å². The van der Waals surface area contributed by atoms with Gasteiger partial charge in [0, 0.05) is 38.4 Å². The molecule has 1 aromatic rings. The summed E-state index contributed by atoms with van der Waals surface area (Å²) in [7, 11) is 0. The zero-order valence-electron chi connectivity index (χ0n) is 11.7. The summed E-state index contributed by atoms with van der Waals surface area (Å²) in [5.74, 6) is 0.868. The van der Waals surface area contributed by atoms with Gasteiger partial charge in [0.15, 0.2) is 0 Å². The summed E-state index contributed by atoms with van der Waals surface area (Å²) in [5.41, 5.74) is 0.999. The Balaban J connectivity index is 1.70. The van der Waals surface area contributed by atoms with Gasteiger partial charge in [0.05, 0.1) is 11.8 Å². The molecule has 2 saturated heterocycles. The summed E-state index contributed by atoms with van der Waals surface area (Å²) in [4.78, 5) is 2.43. The maximum Gasteiger partial charge on any atom is 0.133 e. The van der Waals surface area contributed by atoms with Crippen LogP contribution < -0.4 is 0 Å². The van der Waals surface area contributed by atoms with E-state index < -0.39 is 0 Å². The highest BCUT2D eigenvalue weighted by Gasteiger charge is 2.44. The van der Waals surface area contributed by atoms with Gasteiger partial charge in [0.2, 0.25) is 0 Å². The van der Waals surface area contributed by atoms with Crippen LogP contribution in [0.5, 0.6) is 0 Å². The molecule has 0 N–H and O–H groups in total. The second kappa shape index (κ2) is 5.61. The highest BCUT2D eigenvalue weighted by Crippen LogP contribution is 2.31. The first-order chi connectivity index (χ1) is 9.28. The van der Waals surface area contributed by atoms with Crippen molar-refractivity contribution in [3.63, 3.8) is 0 Å². The smallest absolute Gasteiger partial charge is 0.133 e. The molecule has 1 aromatic heterocycles. The van der Waals surface area contributed by atoms with Crippen molar-refractivity contribution in [3.05, 3.63) is 17.5 Å².